The molecule has 0 radical (unpaired) electrons. The Morgan fingerprint density at radius 3 is 2.83 bits per heavy atom. The summed E-state index contributed by atoms with van der Waals surface area (Å²) in [4.78, 5) is 26.7. The number of methoxy groups -OCH3 is 1. The van der Waals surface area contributed by atoms with Gasteiger partial charge in [0.25, 0.3) is 0 Å². The van der Waals surface area contributed by atoms with Crippen LogP contribution in [0.4, 0.5) is 4.79 Å². The lowest BCUT2D eigenvalue weighted by Gasteiger charge is -2.37. The standard InChI is InChI=1S/C27H32N2O6/c1-29-13-12-27-11-10-19(15-22(27)35-24-21(33-2)9-8-18(16-29)23(24)27)34-26(32)28-20(25(30)31)14-17-6-4-3-5-7-17/h3-11,19-22,24H,12-16H2,1-2H3,(H,28,32)(H,30,31)/t19-,20-,21?,22-,24?,27-/m0/s1. The topological polar surface area (TPSA) is 97.3 Å². The Balaban J connectivity index is 1.31. The van der Waals surface area contributed by atoms with E-state index in [2.05, 4.69) is 35.5 Å². The van der Waals surface area contributed by atoms with Crippen molar-refractivity contribution in [2.24, 2.45) is 5.41 Å². The first kappa shape index (κ1) is 23.8. The molecule has 186 valence electrons. The van der Waals surface area contributed by atoms with Gasteiger partial charge in [0.15, 0.2) is 0 Å². The second kappa shape index (κ2) is 9.60. The van der Waals surface area contributed by atoms with Gasteiger partial charge in [-0.2, -0.15) is 0 Å². The van der Waals surface area contributed by atoms with E-state index in [4.69, 9.17) is 14.2 Å². The normalized spacial score (nSPS) is 32.4. The number of likely N-dealkylation sites (N-methyl/N-ethyl adjacent to an activating group) is 1. The molecule has 4 aliphatic rings. The maximum absolute atomic E-state index is 12.7. The molecule has 35 heavy (non-hydrogen) atoms. The summed E-state index contributed by atoms with van der Waals surface area (Å²) in [6.07, 6.45) is 8.22. The van der Waals surface area contributed by atoms with Crippen LogP contribution in [0.3, 0.4) is 0 Å². The zero-order chi connectivity index (χ0) is 24.6. The van der Waals surface area contributed by atoms with Crippen molar-refractivity contribution < 1.29 is 28.9 Å². The summed E-state index contributed by atoms with van der Waals surface area (Å²) < 4.78 is 17.9. The Morgan fingerprint density at radius 1 is 1.29 bits per heavy atom. The molecule has 8 nitrogen and oxygen atoms in total. The van der Waals surface area contributed by atoms with Gasteiger partial charge in [-0.05, 0) is 42.8 Å². The number of aliphatic carboxylic acids is 1. The summed E-state index contributed by atoms with van der Waals surface area (Å²) in [5, 5.41) is 12.1. The number of rotatable bonds is 6. The zero-order valence-electron chi connectivity index (χ0n) is 20.1. The molecule has 2 N–H and O–H groups in total. The van der Waals surface area contributed by atoms with Crippen LogP contribution in [0.5, 0.6) is 0 Å². The number of alkyl carbamates (subject to hydrolysis) is 1. The average molecular weight is 481 g/mol. The lowest BCUT2D eigenvalue weighted by atomic mass is 9.66. The van der Waals surface area contributed by atoms with Crippen molar-refractivity contribution >= 4 is 12.1 Å². The van der Waals surface area contributed by atoms with Gasteiger partial charge in [0.05, 0.1) is 6.10 Å². The number of amides is 1. The summed E-state index contributed by atoms with van der Waals surface area (Å²) in [5.41, 5.74) is 3.14. The molecule has 1 aromatic carbocycles. The highest BCUT2D eigenvalue weighted by Gasteiger charge is 2.57. The molecule has 0 aromatic heterocycles. The highest BCUT2D eigenvalue weighted by Crippen LogP contribution is 2.55. The lowest BCUT2D eigenvalue weighted by Crippen LogP contribution is -2.45. The molecular weight excluding hydrogens is 448 g/mol. The van der Waals surface area contributed by atoms with E-state index < -0.39 is 24.2 Å². The summed E-state index contributed by atoms with van der Waals surface area (Å²) in [5.74, 6) is -1.10. The van der Waals surface area contributed by atoms with Crippen molar-refractivity contribution in [1.82, 2.24) is 10.2 Å². The Kier molecular flexibility index (Phi) is 6.53. The summed E-state index contributed by atoms with van der Waals surface area (Å²) >= 11 is 0. The molecule has 6 atom stereocenters. The van der Waals surface area contributed by atoms with Crippen LogP contribution in [-0.2, 0) is 25.4 Å². The number of carbonyl (C=O) groups is 2. The van der Waals surface area contributed by atoms with Gasteiger partial charge >= 0.3 is 12.1 Å². The molecule has 1 spiro atoms. The predicted octanol–water partition coefficient (Wildman–Crippen LogP) is 2.71. The number of benzene rings is 1. The molecule has 0 saturated carbocycles. The SMILES string of the molecule is COC1C=CC2=C3C1O[C@H]1C[C@@H](OC(=O)N[C@@H](Cc4ccccc4)C(=O)O)C=C[C@@]31CCN(C)C2. The molecule has 0 bridgehead atoms. The fourth-order valence-corrected chi connectivity index (χ4v) is 5.88. The number of carboxylic acid groups (broad SMARTS) is 1. The summed E-state index contributed by atoms with van der Waals surface area (Å²) in [6.45, 7) is 1.80. The lowest BCUT2D eigenvalue weighted by molar-refractivity contribution is -0.139. The average Bonchev–Trinajstić information content (AvgIpc) is 3.10. The largest absolute Gasteiger partial charge is 0.480 e. The van der Waals surface area contributed by atoms with Crippen LogP contribution in [0.25, 0.3) is 0 Å². The number of nitrogens with zero attached hydrogens (tertiary/aromatic N) is 1. The van der Waals surface area contributed by atoms with Crippen molar-refractivity contribution in [1.29, 1.82) is 0 Å². The van der Waals surface area contributed by atoms with E-state index in [1.807, 2.05) is 36.4 Å². The molecular formula is C27H32N2O6. The number of hydrogen-bond acceptors (Lipinski definition) is 6. The molecule has 2 aliphatic heterocycles. The van der Waals surface area contributed by atoms with Gasteiger partial charge in [-0.3, -0.25) is 0 Å². The Morgan fingerprint density at radius 2 is 2.09 bits per heavy atom. The summed E-state index contributed by atoms with van der Waals surface area (Å²) in [7, 11) is 3.82. The molecule has 8 heteroatoms. The van der Waals surface area contributed by atoms with Crippen molar-refractivity contribution in [3.63, 3.8) is 0 Å². The Bertz CT molecular complexity index is 1070. The van der Waals surface area contributed by atoms with Crippen LogP contribution in [-0.4, -0.2) is 79.8 Å². The van der Waals surface area contributed by atoms with Crippen LogP contribution in [0, 0.1) is 5.41 Å². The molecule has 1 aromatic rings. The van der Waals surface area contributed by atoms with Crippen LogP contribution >= 0.6 is 0 Å². The van der Waals surface area contributed by atoms with Crippen LogP contribution in [0.2, 0.25) is 0 Å². The molecule has 1 fully saturated rings. The molecule has 2 unspecified atom stereocenters. The van der Waals surface area contributed by atoms with Gasteiger partial charge in [0, 0.05) is 31.9 Å². The Labute approximate surface area is 205 Å². The zero-order valence-corrected chi connectivity index (χ0v) is 20.1. The smallest absolute Gasteiger partial charge is 0.408 e. The molecule has 2 aliphatic carbocycles. The molecule has 1 saturated heterocycles. The third-order valence-electron chi connectivity index (χ3n) is 7.61. The highest BCUT2D eigenvalue weighted by molar-refractivity contribution is 5.80. The van der Waals surface area contributed by atoms with E-state index in [-0.39, 0.29) is 30.1 Å². The Hall–Kier alpha value is -2.94. The third kappa shape index (κ3) is 4.53. The van der Waals surface area contributed by atoms with Crippen molar-refractivity contribution in [2.75, 3.05) is 27.2 Å². The minimum absolute atomic E-state index is 0.148. The van der Waals surface area contributed by atoms with Gasteiger partial charge in [0.1, 0.15) is 24.4 Å². The number of ether oxygens (including phenoxy) is 3. The van der Waals surface area contributed by atoms with Gasteiger partial charge in [-0.15, -0.1) is 0 Å². The number of nitrogens with one attached hydrogen (secondary N) is 1. The fourth-order valence-electron chi connectivity index (χ4n) is 5.88. The van der Waals surface area contributed by atoms with E-state index in [9.17, 15) is 14.7 Å². The number of carboxylic acids is 1. The van der Waals surface area contributed by atoms with Gasteiger partial charge in [0.2, 0.25) is 0 Å². The maximum Gasteiger partial charge on any atom is 0.408 e. The molecule has 2 heterocycles. The van der Waals surface area contributed by atoms with Crippen molar-refractivity contribution in [2.45, 2.75) is 49.7 Å². The fraction of sp³-hybridized carbons (Fsp3) is 0.481. The highest BCUT2D eigenvalue weighted by atomic mass is 16.6. The molecule has 1 amide bonds. The minimum Gasteiger partial charge on any atom is -0.480 e. The van der Waals surface area contributed by atoms with E-state index in [1.54, 1.807) is 7.11 Å². The van der Waals surface area contributed by atoms with Gasteiger partial charge in [-0.25, -0.2) is 9.59 Å². The van der Waals surface area contributed by atoms with Crippen molar-refractivity contribution in [3.8, 4) is 0 Å². The maximum atomic E-state index is 12.7. The number of carbonyl (C=O) groups excluding carboxylic acids is 1. The third-order valence-corrected chi connectivity index (χ3v) is 7.61. The quantitative estimate of drug-likeness (QED) is 0.605. The first-order valence-electron chi connectivity index (χ1n) is 12.1. The second-order valence-corrected chi connectivity index (χ2v) is 9.84. The first-order valence-corrected chi connectivity index (χ1v) is 12.1. The van der Waals surface area contributed by atoms with Crippen LogP contribution < -0.4 is 5.32 Å². The van der Waals surface area contributed by atoms with E-state index >= 15 is 0 Å². The van der Waals surface area contributed by atoms with Crippen LogP contribution in [0.1, 0.15) is 18.4 Å². The predicted molar refractivity (Wildman–Crippen MR) is 129 cm³/mol. The van der Waals surface area contributed by atoms with Gasteiger partial charge < -0.3 is 29.5 Å². The van der Waals surface area contributed by atoms with Crippen LogP contribution in [0.15, 0.2) is 65.8 Å². The monoisotopic (exact) mass is 480 g/mol. The van der Waals surface area contributed by atoms with E-state index in [1.165, 1.54) is 11.1 Å². The summed E-state index contributed by atoms with van der Waals surface area (Å²) in [6, 6.07) is 8.12. The van der Waals surface area contributed by atoms with E-state index in [0.29, 0.717) is 6.42 Å². The second-order valence-electron chi connectivity index (χ2n) is 9.84. The first-order chi connectivity index (χ1) is 16.9. The molecule has 5 rings (SSSR count). The van der Waals surface area contributed by atoms with Crippen molar-refractivity contribution in [3.05, 3.63) is 71.3 Å². The van der Waals surface area contributed by atoms with E-state index in [0.717, 1.165) is 25.1 Å². The van der Waals surface area contributed by atoms with Gasteiger partial charge in [-0.1, -0.05) is 48.6 Å². The number of hydrogen-bond donors (Lipinski definition) is 2. The minimum atomic E-state index is -1.10.